The number of alkyl halides is 3. The first-order valence-electron chi connectivity index (χ1n) is 14.2. The number of carboxylic acids is 1. The average Bonchev–Trinajstić information content (AvgIpc) is 3.72. The van der Waals surface area contributed by atoms with Gasteiger partial charge in [-0.25, -0.2) is 14.3 Å². The van der Waals surface area contributed by atoms with Crippen LogP contribution in [0.15, 0.2) is 30.7 Å². The topological polar surface area (TPSA) is 126 Å². The number of benzene rings is 1. The average molecular weight is 634 g/mol. The Morgan fingerprint density at radius 3 is 2.41 bits per heavy atom. The molecule has 2 saturated heterocycles. The van der Waals surface area contributed by atoms with Crippen molar-refractivity contribution in [3.63, 3.8) is 0 Å². The Morgan fingerprint density at radius 1 is 1.18 bits per heavy atom. The molecular weight excluding hydrogens is 603 g/mol. The second kappa shape index (κ2) is 10.5. The molecule has 2 saturated carbocycles. The molecule has 0 bridgehead atoms. The lowest BCUT2D eigenvalue weighted by atomic mass is 9.93. The molecule has 2 amide bonds. The number of fused-ring (bicyclic) bond motifs is 2. The number of carbonyl (C=O) groups excluding carboxylic acids is 2. The third-order valence-corrected chi connectivity index (χ3v) is 9.43. The van der Waals surface area contributed by atoms with Crippen LogP contribution in [-0.4, -0.2) is 73.4 Å². The van der Waals surface area contributed by atoms with Gasteiger partial charge in [-0.2, -0.15) is 18.3 Å². The highest BCUT2D eigenvalue weighted by molar-refractivity contribution is 6.31. The van der Waals surface area contributed by atoms with E-state index in [1.165, 1.54) is 24.1 Å². The molecule has 10 nitrogen and oxygen atoms in total. The number of morpholine rings is 1. The second-order valence-electron chi connectivity index (χ2n) is 12.7. The Hall–Kier alpha value is -3.55. The molecule has 14 heteroatoms. The van der Waals surface area contributed by atoms with Crippen molar-refractivity contribution in [1.82, 2.24) is 24.8 Å². The fraction of sp³-hybridized carbons (Fsp3) is 0.500. The van der Waals surface area contributed by atoms with Crippen LogP contribution in [0.4, 0.5) is 13.2 Å². The van der Waals surface area contributed by atoms with Gasteiger partial charge in [0.25, 0.3) is 0 Å². The number of aromatic nitrogens is 3. The summed E-state index contributed by atoms with van der Waals surface area (Å²) in [6.45, 7) is 7.88. The third-order valence-electron chi connectivity index (χ3n) is 9.22. The number of aryl methyl sites for hydroxylation is 1. The first-order chi connectivity index (χ1) is 20.6. The summed E-state index contributed by atoms with van der Waals surface area (Å²) in [4.78, 5) is 40.7. The molecule has 44 heavy (non-hydrogen) atoms. The number of halogens is 4. The first kappa shape index (κ1) is 30.5. The van der Waals surface area contributed by atoms with Crippen molar-refractivity contribution in [2.24, 2.45) is 17.3 Å². The van der Waals surface area contributed by atoms with Crippen LogP contribution >= 0.6 is 11.6 Å². The molecule has 4 heterocycles. The van der Waals surface area contributed by atoms with Gasteiger partial charge in [0, 0.05) is 35.3 Å². The van der Waals surface area contributed by atoms with Gasteiger partial charge in [-0.1, -0.05) is 25.4 Å². The molecule has 4 fully saturated rings. The fourth-order valence-electron chi connectivity index (χ4n) is 6.42. The van der Waals surface area contributed by atoms with Crippen molar-refractivity contribution < 1.29 is 37.4 Å². The summed E-state index contributed by atoms with van der Waals surface area (Å²) in [6.07, 6.45) is 1.53. The smallest absolute Gasteiger partial charge is 0.475 e. The molecule has 2 aliphatic heterocycles. The van der Waals surface area contributed by atoms with Crippen molar-refractivity contribution in [1.29, 1.82) is 0 Å². The van der Waals surface area contributed by atoms with E-state index in [-0.39, 0.29) is 47.3 Å². The molecule has 3 unspecified atom stereocenters. The predicted molar refractivity (Wildman–Crippen MR) is 152 cm³/mol. The van der Waals surface area contributed by atoms with E-state index in [1.54, 1.807) is 4.52 Å². The number of rotatable bonds is 5. The molecule has 4 aliphatic rings. The summed E-state index contributed by atoms with van der Waals surface area (Å²) in [7, 11) is 0. The maximum Gasteiger partial charge on any atom is 0.490 e. The first-order valence-corrected chi connectivity index (χ1v) is 14.6. The van der Waals surface area contributed by atoms with E-state index in [9.17, 15) is 22.8 Å². The zero-order valence-corrected chi connectivity index (χ0v) is 25.0. The van der Waals surface area contributed by atoms with Gasteiger partial charge >= 0.3 is 12.1 Å². The van der Waals surface area contributed by atoms with Crippen LogP contribution in [-0.2, 0) is 32.1 Å². The number of piperidine rings is 1. The molecule has 7 rings (SSSR count). The third kappa shape index (κ3) is 5.45. The van der Waals surface area contributed by atoms with Gasteiger partial charge < -0.3 is 15.2 Å². The van der Waals surface area contributed by atoms with Gasteiger partial charge in [0.15, 0.2) is 0 Å². The highest BCUT2D eigenvalue weighted by Crippen LogP contribution is 2.63. The zero-order chi connectivity index (χ0) is 31.8. The Bertz CT molecular complexity index is 1650. The van der Waals surface area contributed by atoms with E-state index < -0.39 is 12.1 Å². The van der Waals surface area contributed by atoms with Crippen LogP contribution in [0.25, 0.3) is 16.8 Å². The standard InChI is InChI=1S/C28H30ClN5O3.C2HF3O2/c1-15-6-17(29)8-20(19(15)9-18-10-31-28(4-5-28)13-37-18)24-21-7-16(12-34(21)32-14-30-24)11-33-25(35)22-23(26(33)36)27(22,2)3;3-2(4,5)1(6)7/h6-8,12,14,18,22-23,31H,4-5,9-11,13H2,1-3H3;(H,6,7). The Kier molecular flexibility index (Phi) is 7.29. The van der Waals surface area contributed by atoms with Gasteiger partial charge in [-0.3, -0.25) is 14.5 Å². The Balaban J connectivity index is 0.000000441. The molecule has 1 spiro atoms. The number of hydrogen-bond donors (Lipinski definition) is 2. The molecule has 3 aromatic rings. The molecule has 2 N–H and O–H groups in total. The van der Waals surface area contributed by atoms with E-state index in [0.717, 1.165) is 53.0 Å². The van der Waals surface area contributed by atoms with Crippen LogP contribution < -0.4 is 5.32 Å². The summed E-state index contributed by atoms with van der Waals surface area (Å²) in [5.41, 5.74) is 5.62. The minimum Gasteiger partial charge on any atom is -0.475 e. The number of imide groups is 1. The number of carboxylic acid groups (broad SMARTS) is 1. The van der Waals surface area contributed by atoms with E-state index >= 15 is 0 Å². The van der Waals surface area contributed by atoms with Crippen molar-refractivity contribution in [3.05, 3.63) is 52.4 Å². The number of nitrogens with one attached hydrogen (secondary N) is 1. The lowest BCUT2D eigenvalue weighted by Crippen LogP contribution is -2.48. The van der Waals surface area contributed by atoms with Crippen molar-refractivity contribution in [2.45, 2.75) is 64.4 Å². The molecule has 2 aliphatic carbocycles. The van der Waals surface area contributed by atoms with Gasteiger partial charge in [-0.15, -0.1) is 0 Å². The largest absolute Gasteiger partial charge is 0.490 e. The number of ether oxygens (including phenoxy) is 1. The van der Waals surface area contributed by atoms with Crippen molar-refractivity contribution in [3.8, 4) is 11.3 Å². The maximum atomic E-state index is 12.9. The number of likely N-dealkylation sites (tertiary alicyclic amines) is 1. The normalized spacial score (nSPS) is 24.7. The molecule has 2 aromatic heterocycles. The Labute approximate surface area is 255 Å². The quantitative estimate of drug-likeness (QED) is 0.401. The Morgan fingerprint density at radius 2 is 1.84 bits per heavy atom. The monoisotopic (exact) mass is 633 g/mol. The van der Waals surface area contributed by atoms with Gasteiger partial charge in [0.05, 0.1) is 42.3 Å². The summed E-state index contributed by atoms with van der Waals surface area (Å²) in [5, 5.41) is 15.9. The van der Waals surface area contributed by atoms with E-state index in [2.05, 4.69) is 22.3 Å². The summed E-state index contributed by atoms with van der Waals surface area (Å²) >= 11 is 6.53. The lowest BCUT2D eigenvalue weighted by Gasteiger charge is -2.31. The molecule has 3 atom stereocenters. The van der Waals surface area contributed by atoms with Gasteiger partial charge in [0.1, 0.15) is 6.33 Å². The number of amides is 2. The van der Waals surface area contributed by atoms with Crippen molar-refractivity contribution >= 4 is 34.9 Å². The lowest BCUT2D eigenvalue weighted by molar-refractivity contribution is -0.192. The molecular formula is C30H31ClF3N5O5. The zero-order valence-electron chi connectivity index (χ0n) is 24.2. The van der Waals surface area contributed by atoms with Crippen LogP contribution in [0, 0.1) is 24.2 Å². The van der Waals surface area contributed by atoms with Crippen molar-refractivity contribution in [2.75, 3.05) is 13.2 Å². The fourth-order valence-corrected chi connectivity index (χ4v) is 6.70. The van der Waals surface area contributed by atoms with Crippen LogP contribution in [0.1, 0.15) is 43.4 Å². The summed E-state index contributed by atoms with van der Waals surface area (Å²) in [6, 6.07) is 5.92. The number of hydrogen-bond acceptors (Lipinski definition) is 7. The van der Waals surface area contributed by atoms with E-state index in [1.807, 2.05) is 38.2 Å². The SMILES string of the molecule is Cc1cc(Cl)cc(-c2ncnn3cc(CN4C(=O)C5C(C4=O)C5(C)C)cc23)c1CC1CNC2(CC2)CO1.O=C(O)C(F)(F)F. The molecule has 0 radical (unpaired) electrons. The summed E-state index contributed by atoms with van der Waals surface area (Å²) in [5.74, 6) is -3.26. The molecule has 1 aromatic carbocycles. The van der Waals surface area contributed by atoms with Crippen LogP contribution in [0.5, 0.6) is 0 Å². The second-order valence-corrected chi connectivity index (χ2v) is 13.1. The van der Waals surface area contributed by atoms with E-state index in [4.69, 9.17) is 26.2 Å². The van der Waals surface area contributed by atoms with Crippen LogP contribution in [0.3, 0.4) is 0 Å². The minimum absolute atomic E-state index is 0.0663. The van der Waals surface area contributed by atoms with Gasteiger partial charge in [-0.05, 0) is 60.1 Å². The predicted octanol–water partition coefficient (Wildman–Crippen LogP) is 4.20. The van der Waals surface area contributed by atoms with Crippen LogP contribution in [0.2, 0.25) is 5.02 Å². The molecule has 234 valence electrons. The maximum absolute atomic E-state index is 12.9. The minimum atomic E-state index is -5.08. The summed E-state index contributed by atoms with van der Waals surface area (Å²) < 4.78 is 39.7. The highest BCUT2D eigenvalue weighted by Gasteiger charge is 2.72. The number of carbonyl (C=O) groups is 3. The number of aliphatic carboxylic acids is 1. The van der Waals surface area contributed by atoms with Gasteiger partial charge in [0.2, 0.25) is 11.8 Å². The number of nitrogens with zero attached hydrogens (tertiary/aromatic N) is 4. The van der Waals surface area contributed by atoms with E-state index in [0.29, 0.717) is 5.02 Å². The highest BCUT2D eigenvalue weighted by atomic mass is 35.5.